The van der Waals surface area contributed by atoms with Gasteiger partial charge >= 0.3 is 0 Å². The van der Waals surface area contributed by atoms with E-state index in [1.54, 1.807) is 19.1 Å². The van der Waals surface area contributed by atoms with Crippen LogP contribution >= 0.6 is 0 Å². The molecule has 0 aliphatic rings. The molecule has 0 aliphatic carbocycles. The fourth-order valence-electron chi connectivity index (χ4n) is 2.15. The predicted molar refractivity (Wildman–Crippen MR) is 94.1 cm³/mol. The Morgan fingerprint density at radius 1 is 1.04 bits per heavy atom. The van der Waals surface area contributed by atoms with E-state index >= 15 is 0 Å². The highest BCUT2D eigenvalue weighted by Gasteiger charge is 2.15. The molecule has 0 spiro atoms. The third kappa shape index (κ3) is 4.84. The van der Waals surface area contributed by atoms with Crippen LogP contribution in [0.15, 0.2) is 48.5 Å². The SMILES string of the molecule is Cc1cccc(NC(=O)CNC(=O)C(C)Oc2ccccc2)c1C. The molecule has 1 unspecified atom stereocenters. The van der Waals surface area contributed by atoms with E-state index in [9.17, 15) is 9.59 Å². The normalized spacial score (nSPS) is 11.5. The van der Waals surface area contributed by atoms with Crippen molar-refractivity contribution in [3.63, 3.8) is 0 Å². The average molecular weight is 326 g/mol. The maximum Gasteiger partial charge on any atom is 0.261 e. The summed E-state index contributed by atoms with van der Waals surface area (Å²) in [5, 5.41) is 5.38. The van der Waals surface area contributed by atoms with Gasteiger partial charge in [-0.3, -0.25) is 9.59 Å². The van der Waals surface area contributed by atoms with E-state index in [4.69, 9.17) is 4.74 Å². The van der Waals surface area contributed by atoms with Crippen LogP contribution in [0, 0.1) is 13.8 Å². The van der Waals surface area contributed by atoms with Crippen LogP contribution in [0.25, 0.3) is 0 Å². The number of nitrogens with one attached hydrogen (secondary N) is 2. The number of hydrogen-bond donors (Lipinski definition) is 2. The fraction of sp³-hybridized carbons (Fsp3) is 0.263. The smallest absolute Gasteiger partial charge is 0.261 e. The van der Waals surface area contributed by atoms with Gasteiger partial charge in [-0.15, -0.1) is 0 Å². The molecule has 0 bridgehead atoms. The lowest BCUT2D eigenvalue weighted by Gasteiger charge is -2.15. The van der Waals surface area contributed by atoms with Gasteiger partial charge < -0.3 is 15.4 Å². The number of benzene rings is 2. The summed E-state index contributed by atoms with van der Waals surface area (Å²) in [7, 11) is 0. The molecule has 0 radical (unpaired) electrons. The molecule has 0 aromatic heterocycles. The van der Waals surface area contributed by atoms with E-state index in [0.717, 1.165) is 16.8 Å². The molecule has 5 nitrogen and oxygen atoms in total. The Labute approximate surface area is 142 Å². The van der Waals surface area contributed by atoms with Gasteiger partial charge in [0, 0.05) is 5.69 Å². The third-order valence-electron chi connectivity index (χ3n) is 3.73. The number of ether oxygens (including phenoxy) is 1. The zero-order chi connectivity index (χ0) is 17.5. The largest absolute Gasteiger partial charge is 0.481 e. The molecular formula is C19H22N2O3. The Morgan fingerprint density at radius 2 is 1.75 bits per heavy atom. The minimum atomic E-state index is -0.680. The fourth-order valence-corrected chi connectivity index (χ4v) is 2.15. The molecule has 5 heteroatoms. The summed E-state index contributed by atoms with van der Waals surface area (Å²) < 4.78 is 5.52. The molecule has 2 aromatic rings. The lowest BCUT2D eigenvalue weighted by Crippen LogP contribution is -2.40. The molecular weight excluding hydrogens is 304 g/mol. The highest BCUT2D eigenvalue weighted by atomic mass is 16.5. The van der Waals surface area contributed by atoms with Gasteiger partial charge in [-0.2, -0.15) is 0 Å². The highest BCUT2D eigenvalue weighted by Crippen LogP contribution is 2.17. The first kappa shape index (κ1) is 17.5. The van der Waals surface area contributed by atoms with Gasteiger partial charge in [-0.25, -0.2) is 0 Å². The van der Waals surface area contributed by atoms with Crippen LogP contribution in [0.5, 0.6) is 5.75 Å². The quantitative estimate of drug-likeness (QED) is 0.858. The first-order valence-electron chi connectivity index (χ1n) is 7.83. The van der Waals surface area contributed by atoms with Crippen molar-refractivity contribution in [1.82, 2.24) is 5.32 Å². The average Bonchev–Trinajstić information content (AvgIpc) is 2.57. The van der Waals surface area contributed by atoms with Crippen LogP contribution in [0.4, 0.5) is 5.69 Å². The van der Waals surface area contributed by atoms with Crippen LogP contribution in [0.3, 0.4) is 0 Å². The van der Waals surface area contributed by atoms with Crippen molar-refractivity contribution in [3.05, 3.63) is 59.7 Å². The van der Waals surface area contributed by atoms with Crippen LogP contribution in [-0.2, 0) is 9.59 Å². The summed E-state index contributed by atoms with van der Waals surface area (Å²) in [5.74, 6) is -0.00100. The number of rotatable bonds is 6. The molecule has 2 aromatic carbocycles. The van der Waals surface area contributed by atoms with Crippen molar-refractivity contribution in [2.24, 2.45) is 0 Å². The van der Waals surface area contributed by atoms with Gasteiger partial charge in [-0.1, -0.05) is 30.3 Å². The van der Waals surface area contributed by atoms with Crippen molar-refractivity contribution in [3.8, 4) is 5.75 Å². The van der Waals surface area contributed by atoms with E-state index in [-0.39, 0.29) is 18.4 Å². The zero-order valence-corrected chi connectivity index (χ0v) is 14.1. The molecule has 2 rings (SSSR count). The monoisotopic (exact) mass is 326 g/mol. The molecule has 126 valence electrons. The highest BCUT2D eigenvalue weighted by molar-refractivity contribution is 5.95. The number of aryl methyl sites for hydroxylation is 1. The van der Waals surface area contributed by atoms with Crippen molar-refractivity contribution in [2.75, 3.05) is 11.9 Å². The van der Waals surface area contributed by atoms with Gasteiger partial charge in [0.1, 0.15) is 5.75 Å². The van der Waals surface area contributed by atoms with E-state index in [1.165, 1.54) is 0 Å². The van der Waals surface area contributed by atoms with Gasteiger partial charge in [0.25, 0.3) is 5.91 Å². The second-order valence-electron chi connectivity index (χ2n) is 5.59. The lowest BCUT2D eigenvalue weighted by atomic mass is 10.1. The number of para-hydroxylation sites is 1. The summed E-state index contributed by atoms with van der Waals surface area (Å²) in [6.07, 6.45) is -0.680. The minimum Gasteiger partial charge on any atom is -0.481 e. The van der Waals surface area contributed by atoms with Crippen LogP contribution in [0.1, 0.15) is 18.1 Å². The number of carbonyl (C=O) groups is 2. The summed E-state index contributed by atoms with van der Waals surface area (Å²) in [6, 6.07) is 14.8. The number of carbonyl (C=O) groups excluding carboxylic acids is 2. The maximum atomic E-state index is 12.0. The van der Waals surface area contributed by atoms with Crippen molar-refractivity contribution >= 4 is 17.5 Å². The summed E-state index contributed by atoms with van der Waals surface area (Å²) in [6.45, 7) is 5.47. The van der Waals surface area contributed by atoms with Crippen molar-refractivity contribution in [1.29, 1.82) is 0 Å². The maximum absolute atomic E-state index is 12.0. The van der Waals surface area contributed by atoms with E-state index < -0.39 is 6.10 Å². The zero-order valence-electron chi connectivity index (χ0n) is 14.1. The molecule has 0 heterocycles. The summed E-state index contributed by atoms with van der Waals surface area (Å²) in [5.41, 5.74) is 2.86. The Hall–Kier alpha value is -2.82. The molecule has 1 atom stereocenters. The van der Waals surface area contributed by atoms with Gasteiger partial charge in [0.2, 0.25) is 5.91 Å². The molecule has 24 heavy (non-hydrogen) atoms. The lowest BCUT2D eigenvalue weighted by molar-refractivity contribution is -0.129. The van der Waals surface area contributed by atoms with Crippen LogP contribution in [0.2, 0.25) is 0 Å². The Bertz CT molecular complexity index is 714. The summed E-state index contributed by atoms with van der Waals surface area (Å²) in [4.78, 5) is 24.0. The second kappa shape index (κ2) is 8.15. The number of hydrogen-bond acceptors (Lipinski definition) is 3. The van der Waals surface area contributed by atoms with Crippen molar-refractivity contribution in [2.45, 2.75) is 26.9 Å². The molecule has 0 saturated heterocycles. The number of amides is 2. The second-order valence-corrected chi connectivity index (χ2v) is 5.59. The van der Waals surface area contributed by atoms with Crippen LogP contribution < -0.4 is 15.4 Å². The molecule has 2 amide bonds. The first-order valence-corrected chi connectivity index (χ1v) is 7.83. The van der Waals surface area contributed by atoms with E-state index in [0.29, 0.717) is 5.75 Å². The number of anilines is 1. The Kier molecular flexibility index (Phi) is 5.95. The third-order valence-corrected chi connectivity index (χ3v) is 3.73. The van der Waals surface area contributed by atoms with Gasteiger partial charge in [0.15, 0.2) is 6.10 Å². The van der Waals surface area contributed by atoms with E-state index in [2.05, 4.69) is 10.6 Å². The van der Waals surface area contributed by atoms with Gasteiger partial charge in [0.05, 0.1) is 6.54 Å². The van der Waals surface area contributed by atoms with Crippen LogP contribution in [-0.4, -0.2) is 24.5 Å². The molecule has 0 aliphatic heterocycles. The topological polar surface area (TPSA) is 67.4 Å². The predicted octanol–water partition coefficient (Wildman–Crippen LogP) is 2.83. The molecule has 2 N–H and O–H groups in total. The first-order chi connectivity index (χ1) is 11.5. The Balaban J connectivity index is 1.82. The van der Waals surface area contributed by atoms with E-state index in [1.807, 2.05) is 50.2 Å². The van der Waals surface area contributed by atoms with Crippen molar-refractivity contribution < 1.29 is 14.3 Å². The minimum absolute atomic E-state index is 0.102. The van der Waals surface area contributed by atoms with Gasteiger partial charge in [-0.05, 0) is 50.1 Å². The summed E-state index contributed by atoms with van der Waals surface area (Å²) >= 11 is 0. The molecule has 0 saturated carbocycles. The standard InChI is InChI=1S/C19H22N2O3/c1-13-8-7-11-17(14(13)2)21-18(22)12-20-19(23)15(3)24-16-9-5-4-6-10-16/h4-11,15H,12H2,1-3H3,(H,20,23)(H,21,22). The molecule has 0 fully saturated rings. The Morgan fingerprint density at radius 3 is 2.46 bits per heavy atom.